The number of Topliss-reactive ketones (excluding diaryl/α,β-unsaturated/α-hetero) is 1. The molecule has 0 aliphatic heterocycles. The number of allylic oxidation sites excluding steroid dienone is 2. The van der Waals surface area contributed by atoms with Crippen LogP contribution in [0.1, 0.15) is 79.7 Å². The Balaban J connectivity index is 1.80. The number of ketones is 1. The Morgan fingerprint density at radius 2 is 1.97 bits per heavy atom. The standard InChI is InChI=1S/C29H34N2O6/c1-5-6-10-20-11-12-23-21(15-20)16-22(31(23)4)14-19(3)27(33)26-24(32)17-25(37-28(26)34)18(2)9-7-8-13-30-29(35)36/h8,11-18,30,32H,5-7,9-10H2,1-4H3,(H,35,36)/b13-8+,19-14?. The van der Waals surface area contributed by atoms with Gasteiger partial charge in [-0.15, -0.1) is 0 Å². The molecule has 0 radical (unpaired) electrons. The summed E-state index contributed by atoms with van der Waals surface area (Å²) in [6.45, 7) is 5.59. The molecule has 0 fully saturated rings. The number of nitrogens with zero attached hydrogens (tertiary/aromatic N) is 1. The van der Waals surface area contributed by atoms with Crippen LogP contribution >= 0.6 is 0 Å². The monoisotopic (exact) mass is 506 g/mol. The highest BCUT2D eigenvalue weighted by atomic mass is 16.4. The summed E-state index contributed by atoms with van der Waals surface area (Å²) < 4.78 is 7.37. The average Bonchev–Trinajstić information content (AvgIpc) is 3.15. The summed E-state index contributed by atoms with van der Waals surface area (Å²) in [5.74, 6) is -0.988. The van der Waals surface area contributed by atoms with Gasteiger partial charge in [-0.2, -0.15) is 0 Å². The number of hydrogen-bond acceptors (Lipinski definition) is 5. The van der Waals surface area contributed by atoms with Crippen LogP contribution in [0.3, 0.4) is 0 Å². The van der Waals surface area contributed by atoms with Crippen molar-refractivity contribution in [3.63, 3.8) is 0 Å². The molecule has 196 valence electrons. The molecule has 1 amide bonds. The normalized spacial score (nSPS) is 12.8. The fourth-order valence-corrected chi connectivity index (χ4v) is 4.23. The molecule has 0 saturated heterocycles. The summed E-state index contributed by atoms with van der Waals surface area (Å²) >= 11 is 0. The highest BCUT2D eigenvalue weighted by Crippen LogP contribution is 2.27. The Bertz CT molecular complexity index is 1410. The van der Waals surface area contributed by atoms with Gasteiger partial charge in [0.2, 0.25) is 0 Å². The lowest BCUT2D eigenvalue weighted by atomic mass is 9.99. The maximum absolute atomic E-state index is 13.1. The molecule has 1 atom stereocenters. The lowest BCUT2D eigenvalue weighted by molar-refractivity contribution is 0.102. The van der Waals surface area contributed by atoms with E-state index in [-0.39, 0.29) is 11.7 Å². The van der Waals surface area contributed by atoms with Gasteiger partial charge in [0.05, 0.1) is 0 Å². The zero-order valence-electron chi connectivity index (χ0n) is 21.7. The summed E-state index contributed by atoms with van der Waals surface area (Å²) in [4.78, 5) is 36.2. The van der Waals surface area contributed by atoms with Crippen molar-refractivity contribution >= 4 is 28.9 Å². The van der Waals surface area contributed by atoms with Gasteiger partial charge in [-0.1, -0.05) is 32.4 Å². The number of carbonyl (C=O) groups excluding carboxylic acids is 1. The first kappa shape index (κ1) is 27.5. The number of carbonyl (C=O) groups is 2. The maximum Gasteiger partial charge on any atom is 0.408 e. The third kappa shape index (κ3) is 6.78. The van der Waals surface area contributed by atoms with Crippen molar-refractivity contribution in [3.8, 4) is 5.75 Å². The third-order valence-corrected chi connectivity index (χ3v) is 6.44. The first-order valence-corrected chi connectivity index (χ1v) is 12.4. The zero-order valence-corrected chi connectivity index (χ0v) is 21.7. The second-order valence-corrected chi connectivity index (χ2v) is 9.31. The lowest BCUT2D eigenvalue weighted by Gasteiger charge is -2.11. The zero-order chi connectivity index (χ0) is 27.1. The van der Waals surface area contributed by atoms with E-state index in [2.05, 4.69) is 30.4 Å². The van der Waals surface area contributed by atoms with Crippen molar-refractivity contribution in [3.05, 3.63) is 81.2 Å². The maximum atomic E-state index is 13.1. The fraction of sp³-hybridized carbons (Fsp3) is 0.345. The topological polar surface area (TPSA) is 122 Å². The molecule has 0 bridgehead atoms. The molecule has 2 heterocycles. The van der Waals surface area contributed by atoms with Gasteiger partial charge in [-0.3, -0.25) is 10.1 Å². The van der Waals surface area contributed by atoms with Crippen molar-refractivity contribution < 1.29 is 24.2 Å². The molecular weight excluding hydrogens is 472 g/mol. The Morgan fingerprint density at radius 3 is 2.65 bits per heavy atom. The van der Waals surface area contributed by atoms with E-state index in [9.17, 15) is 19.5 Å². The number of fused-ring (bicyclic) bond motifs is 1. The molecule has 8 nitrogen and oxygen atoms in total. The number of nitrogens with one attached hydrogen (secondary N) is 1. The Hall–Kier alpha value is -4.07. The van der Waals surface area contributed by atoms with Crippen molar-refractivity contribution in [1.82, 2.24) is 9.88 Å². The number of rotatable bonds is 11. The molecule has 3 rings (SSSR count). The Kier molecular flexibility index (Phi) is 9.11. The average molecular weight is 507 g/mol. The predicted octanol–water partition coefficient (Wildman–Crippen LogP) is 6.13. The number of hydrogen-bond donors (Lipinski definition) is 3. The van der Waals surface area contributed by atoms with E-state index >= 15 is 0 Å². The van der Waals surface area contributed by atoms with Gasteiger partial charge in [-0.05, 0) is 68.0 Å². The van der Waals surface area contributed by atoms with Crippen LogP contribution in [0.2, 0.25) is 0 Å². The summed E-state index contributed by atoms with van der Waals surface area (Å²) in [6.07, 6.45) is 7.88. The van der Waals surface area contributed by atoms with E-state index in [1.54, 1.807) is 19.1 Å². The van der Waals surface area contributed by atoms with Crippen molar-refractivity contribution in [1.29, 1.82) is 0 Å². The minimum absolute atomic E-state index is 0.230. The van der Waals surface area contributed by atoms with Gasteiger partial charge in [0, 0.05) is 41.8 Å². The molecule has 1 aromatic carbocycles. The van der Waals surface area contributed by atoms with Gasteiger partial charge in [0.15, 0.2) is 5.78 Å². The summed E-state index contributed by atoms with van der Waals surface area (Å²) in [5, 5.41) is 22.3. The smallest absolute Gasteiger partial charge is 0.408 e. The first-order valence-electron chi connectivity index (χ1n) is 12.4. The molecule has 0 aliphatic carbocycles. The van der Waals surface area contributed by atoms with Crippen molar-refractivity contribution in [2.75, 3.05) is 0 Å². The first-order chi connectivity index (χ1) is 17.6. The number of aromatic hydroxyl groups is 1. The van der Waals surface area contributed by atoms with E-state index in [1.807, 2.05) is 24.6 Å². The molecule has 3 N–H and O–H groups in total. The van der Waals surface area contributed by atoms with Crippen LogP contribution < -0.4 is 10.9 Å². The van der Waals surface area contributed by atoms with Crippen molar-refractivity contribution in [2.24, 2.45) is 7.05 Å². The molecular formula is C29H34N2O6. The fourth-order valence-electron chi connectivity index (χ4n) is 4.23. The van der Waals surface area contributed by atoms with Crippen molar-refractivity contribution in [2.45, 2.75) is 58.8 Å². The van der Waals surface area contributed by atoms with Gasteiger partial charge in [0.1, 0.15) is 17.1 Å². The molecule has 0 aliphatic rings. The highest BCUT2D eigenvalue weighted by Gasteiger charge is 2.22. The van der Waals surface area contributed by atoms with Crippen LogP contribution in [0.4, 0.5) is 4.79 Å². The van der Waals surface area contributed by atoms with Crippen LogP contribution in [-0.2, 0) is 13.5 Å². The van der Waals surface area contributed by atoms with Gasteiger partial charge in [-0.25, -0.2) is 9.59 Å². The SMILES string of the molecule is CCCCc1ccc2c(c1)cc(C=C(C)C(=O)c1c(O)cc(C(C)CC/C=C/NC(=O)O)oc1=O)n2C. The number of amides is 1. The van der Waals surface area contributed by atoms with Crippen LogP contribution in [0, 0.1) is 0 Å². The quantitative estimate of drug-likeness (QED) is 0.212. The number of aromatic nitrogens is 1. The minimum Gasteiger partial charge on any atom is -0.507 e. The molecule has 0 saturated carbocycles. The highest BCUT2D eigenvalue weighted by molar-refractivity contribution is 6.12. The summed E-state index contributed by atoms with van der Waals surface area (Å²) in [5.41, 5.74) is 2.15. The van der Waals surface area contributed by atoms with E-state index in [4.69, 9.17) is 9.52 Å². The van der Waals surface area contributed by atoms with Crippen LogP contribution in [0.5, 0.6) is 5.75 Å². The molecule has 3 aromatic rings. The molecule has 8 heteroatoms. The van der Waals surface area contributed by atoms with E-state index in [1.165, 1.54) is 17.8 Å². The predicted molar refractivity (Wildman–Crippen MR) is 144 cm³/mol. The number of carboxylic acid groups (broad SMARTS) is 1. The Labute approximate surface area is 215 Å². The van der Waals surface area contributed by atoms with E-state index in [0.29, 0.717) is 18.4 Å². The van der Waals surface area contributed by atoms with Crippen LogP contribution in [0.15, 0.2) is 57.4 Å². The second kappa shape index (κ2) is 12.3. The summed E-state index contributed by atoms with van der Waals surface area (Å²) in [6, 6.07) is 9.68. The minimum atomic E-state index is -1.15. The lowest BCUT2D eigenvalue weighted by Crippen LogP contribution is -2.16. The molecule has 2 aromatic heterocycles. The molecule has 37 heavy (non-hydrogen) atoms. The number of aryl methyl sites for hydroxylation is 2. The van der Waals surface area contributed by atoms with Gasteiger partial charge in [0.25, 0.3) is 0 Å². The third-order valence-electron chi connectivity index (χ3n) is 6.44. The van der Waals surface area contributed by atoms with E-state index < -0.39 is 28.8 Å². The van der Waals surface area contributed by atoms with Gasteiger partial charge < -0.3 is 19.2 Å². The van der Waals surface area contributed by atoms with Crippen LogP contribution in [-0.4, -0.2) is 26.7 Å². The van der Waals surface area contributed by atoms with Crippen LogP contribution in [0.25, 0.3) is 17.0 Å². The second-order valence-electron chi connectivity index (χ2n) is 9.31. The van der Waals surface area contributed by atoms with E-state index in [0.717, 1.165) is 35.9 Å². The molecule has 0 spiro atoms. The summed E-state index contributed by atoms with van der Waals surface area (Å²) in [7, 11) is 1.92. The number of unbranched alkanes of at least 4 members (excludes halogenated alkanes) is 1. The number of benzene rings is 1. The van der Waals surface area contributed by atoms with Gasteiger partial charge >= 0.3 is 11.7 Å². The Morgan fingerprint density at radius 1 is 1.22 bits per heavy atom. The largest absolute Gasteiger partial charge is 0.507 e. The molecule has 1 unspecified atom stereocenters.